The van der Waals surface area contributed by atoms with Crippen LogP contribution < -0.4 is 0 Å². The van der Waals surface area contributed by atoms with Crippen LogP contribution in [-0.4, -0.2) is 73.3 Å². The molecule has 0 saturated carbocycles. The molecule has 0 aliphatic carbocycles. The highest BCUT2D eigenvalue weighted by atomic mass is 19.1. The van der Waals surface area contributed by atoms with E-state index in [1.165, 1.54) is 17.0 Å². The molecule has 0 unspecified atom stereocenters. The molecule has 0 aromatic heterocycles. The topological polar surface area (TPSA) is 43.9 Å². The molecular formula is C17H21F2N3O2. The predicted molar refractivity (Wildman–Crippen MR) is 86.5 cm³/mol. The minimum Gasteiger partial charge on any atom is -0.336 e. The van der Waals surface area contributed by atoms with E-state index in [0.717, 1.165) is 12.1 Å². The predicted octanol–water partition coefficient (Wildman–Crippen LogP) is 1.37. The van der Waals surface area contributed by atoms with Crippen LogP contribution in [0.1, 0.15) is 10.4 Å². The highest BCUT2D eigenvalue weighted by Crippen LogP contribution is 2.16. The molecule has 0 bridgehead atoms. The van der Waals surface area contributed by atoms with Crippen molar-refractivity contribution in [1.82, 2.24) is 14.7 Å². The zero-order valence-electron chi connectivity index (χ0n) is 13.8. The Balaban J connectivity index is 1.94. The summed E-state index contributed by atoms with van der Waals surface area (Å²) in [6.45, 7) is 1.84. The average Bonchev–Trinajstić information content (AvgIpc) is 2.54. The first-order chi connectivity index (χ1) is 11.4. The molecule has 2 rings (SSSR count). The van der Waals surface area contributed by atoms with Crippen molar-refractivity contribution < 1.29 is 18.4 Å². The van der Waals surface area contributed by atoms with Gasteiger partial charge in [0.15, 0.2) is 0 Å². The van der Waals surface area contributed by atoms with Crippen LogP contribution in [0.3, 0.4) is 0 Å². The fourth-order valence-electron chi connectivity index (χ4n) is 2.46. The number of carbonyl (C=O) groups excluding carboxylic acids is 2. The molecule has 5 nitrogen and oxygen atoms in total. The van der Waals surface area contributed by atoms with Gasteiger partial charge in [-0.3, -0.25) is 9.59 Å². The normalized spacial score (nSPS) is 15.4. The van der Waals surface area contributed by atoms with E-state index >= 15 is 0 Å². The second-order valence-corrected chi connectivity index (χ2v) is 5.88. The van der Waals surface area contributed by atoms with Gasteiger partial charge in [-0.1, -0.05) is 12.1 Å². The molecule has 0 radical (unpaired) electrons. The van der Waals surface area contributed by atoms with Crippen LogP contribution >= 0.6 is 0 Å². The molecule has 1 fully saturated rings. The van der Waals surface area contributed by atoms with Gasteiger partial charge in [0.25, 0.3) is 5.91 Å². The number of nitrogens with zero attached hydrogens (tertiary/aromatic N) is 3. The van der Waals surface area contributed by atoms with Gasteiger partial charge >= 0.3 is 0 Å². The number of halogens is 2. The lowest BCUT2D eigenvalue weighted by Gasteiger charge is -2.34. The molecule has 1 saturated heterocycles. The summed E-state index contributed by atoms with van der Waals surface area (Å²) in [5.74, 6) is -2.54. The summed E-state index contributed by atoms with van der Waals surface area (Å²) in [7, 11) is 3.81. The lowest BCUT2D eigenvalue weighted by molar-refractivity contribution is -0.127. The molecule has 2 amide bonds. The summed E-state index contributed by atoms with van der Waals surface area (Å²) in [6, 6.07) is 3.34. The largest absolute Gasteiger partial charge is 0.336 e. The fraction of sp³-hybridized carbons (Fsp3) is 0.412. The van der Waals surface area contributed by atoms with Crippen molar-refractivity contribution in [2.45, 2.75) is 0 Å². The third-order valence-corrected chi connectivity index (χ3v) is 3.79. The van der Waals surface area contributed by atoms with Crippen molar-refractivity contribution in [3.05, 3.63) is 47.5 Å². The number of hydrogen-bond donors (Lipinski definition) is 0. The summed E-state index contributed by atoms with van der Waals surface area (Å²) in [5, 5.41) is 0. The molecule has 1 aliphatic heterocycles. The van der Waals surface area contributed by atoms with Crippen molar-refractivity contribution in [3.8, 4) is 0 Å². The molecule has 0 N–H and O–H groups in total. The first-order valence-electron chi connectivity index (χ1n) is 7.73. The second kappa shape index (κ2) is 8.01. The zero-order chi connectivity index (χ0) is 17.7. The summed E-state index contributed by atoms with van der Waals surface area (Å²) in [4.78, 5) is 29.2. The molecule has 1 aromatic rings. The second-order valence-electron chi connectivity index (χ2n) is 5.88. The first-order valence-corrected chi connectivity index (χ1v) is 7.73. The van der Waals surface area contributed by atoms with Crippen LogP contribution in [0.25, 0.3) is 0 Å². The lowest BCUT2D eigenvalue weighted by Crippen LogP contribution is -2.50. The van der Waals surface area contributed by atoms with Crippen LogP contribution in [0.15, 0.2) is 30.4 Å². The summed E-state index contributed by atoms with van der Waals surface area (Å²) < 4.78 is 27.4. The van der Waals surface area contributed by atoms with Crippen molar-refractivity contribution in [3.63, 3.8) is 0 Å². The molecular weight excluding hydrogens is 316 g/mol. The monoisotopic (exact) mass is 337 g/mol. The van der Waals surface area contributed by atoms with E-state index < -0.39 is 23.1 Å². The van der Waals surface area contributed by atoms with E-state index in [1.54, 1.807) is 11.0 Å². The minimum absolute atomic E-state index is 0.124. The van der Waals surface area contributed by atoms with Gasteiger partial charge in [-0.05, 0) is 26.2 Å². The quantitative estimate of drug-likeness (QED) is 0.780. The Morgan fingerprint density at radius 3 is 2.17 bits per heavy atom. The molecule has 0 spiro atoms. The third-order valence-electron chi connectivity index (χ3n) is 3.79. The average molecular weight is 337 g/mol. The Hall–Kier alpha value is -2.28. The number of amides is 2. The van der Waals surface area contributed by atoms with Gasteiger partial charge in [-0.2, -0.15) is 0 Å². The molecule has 1 aliphatic rings. The van der Waals surface area contributed by atoms with Crippen molar-refractivity contribution in [2.75, 3.05) is 46.8 Å². The maximum Gasteiger partial charge on any atom is 0.259 e. The maximum atomic E-state index is 13.7. The first kappa shape index (κ1) is 18.1. The number of benzene rings is 1. The molecule has 7 heteroatoms. The van der Waals surface area contributed by atoms with Gasteiger partial charge in [0.1, 0.15) is 17.2 Å². The van der Waals surface area contributed by atoms with E-state index in [2.05, 4.69) is 0 Å². The summed E-state index contributed by atoms with van der Waals surface area (Å²) in [5.41, 5.74) is -0.539. The number of hydrogen-bond acceptors (Lipinski definition) is 3. The Kier molecular flexibility index (Phi) is 6.03. The smallest absolute Gasteiger partial charge is 0.259 e. The summed E-state index contributed by atoms with van der Waals surface area (Å²) >= 11 is 0. The third kappa shape index (κ3) is 4.38. The number of rotatable bonds is 4. The lowest BCUT2D eigenvalue weighted by atomic mass is 10.1. The number of likely N-dealkylation sites (N-methyl/N-ethyl adjacent to an activating group) is 1. The fourth-order valence-corrected chi connectivity index (χ4v) is 2.46. The van der Waals surface area contributed by atoms with E-state index in [1.807, 2.05) is 19.0 Å². The highest BCUT2D eigenvalue weighted by Gasteiger charge is 2.27. The van der Waals surface area contributed by atoms with Crippen LogP contribution in [0, 0.1) is 11.6 Å². The Labute approximate surface area is 140 Å². The van der Waals surface area contributed by atoms with Crippen LogP contribution in [-0.2, 0) is 4.79 Å². The maximum absolute atomic E-state index is 13.7. The molecule has 1 aromatic carbocycles. The van der Waals surface area contributed by atoms with Gasteiger partial charge in [-0.25, -0.2) is 8.78 Å². The molecule has 0 atom stereocenters. The standard InChI is InChI=1S/C17H21F2N3O2/c1-20(2)8-4-7-15(23)21-9-11-22(12-10-21)17(24)16-13(18)5-3-6-14(16)19/h3-7H,8-12H2,1-2H3/b7-4+. The Morgan fingerprint density at radius 2 is 1.62 bits per heavy atom. The highest BCUT2D eigenvalue weighted by molar-refractivity contribution is 5.95. The molecule has 1 heterocycles. The van der Waals surface area contributed by atoms with Crippen LogP contribution in [0.2, 0.25) is 0 Å². The van der Waals surface area contributed by atoms with E-state index in [0.29, 0.717) is 19.6 Å². The number of carbonyl (C=O) groups is 2. The zero-order valence-corrected chi connectivity index (χ0v) is 13.8. The van der Waals surface area contributed by atoms with Crippen molar-refractivity contribution in [2.24, 2.45) is 0 Å². The Bertz CT molecular complexity index is 618. The Morgan fingerprint density at radius 1 is 1.08 bits per heavy atom. The minimum atomic E-state index is -0.870. The van der Waals surface area contributed by atoms with Crippen LogP contribution in [0.4, 0.5) is 8.78 Å². The molecule has 24 heavy (non-hydrogen) atoms. The van der Waals surface area contributed by atoms with Gasteiger partial charge in [0.2, 0.25) is 5.91 Å². The van der Waals surface area contributed by atoms with E-state index in [9.17, 15) is 18.4 Å². The van der Waals surface area contributed by atoms with Gasteiger partial charge in [-0.15, -0.1) is 0 Å². The van der Waals surface area contributed by atoms with Crippen LogP contribution in [0.5, 0.6) is 0 Å². The van der Waals surface area contributed by atoms with E-state index in [4.69, 9.17) is 0 Å². The SMILES string of the molecule is CN(C)C/C=C/C(=O)N1CCN(C(=O)c2c(F)cccc2F)CC1. The van der Waals surface area contributed by atoms with Crippen molar-refractivity contribution in [1.29, 1.82) is 0 Å². The van der Waals surface area contributed by atoms with Gasteiger partial charge in [0, 0.05) is 38.8 Å². The van der Waals surface area contributed by atoms with Crippen molar-refractivity contribution >= 4 is 11.8 Å². The van der Waals surface area contributed by atoms with Gasteiger partial charge < -0.3 is 14.7 Å². The molecule has 130 valence electrons. The van der Waals surface area contributed by atoms with Gasteiger partial charge in [0.05, 0.1) is 0 Å². The summed E-state index contributed by atoms with van der Waals surface area (Å²) in [6.07, 6.45) is 3.28. The van der Waals surface area contributed by atoms with E-state index in [-0.39, 0.29) is 19.0 Å². The number of piperazine rings is 1.